The number of hydrogen-bond donors (Lipinski definition) is 2. The largest absolute Gasteiger partial charge is 0.587 e. The number of nitrogens with two attached hydrogens (primary N) is 1. The summed E-state index contributed by atoms with van der Waals surface area (Å²) in [6.07, 6.45) is 2.11. The first-order valence-corrected chi connectivity index (χ1v) is 13.0. The number of benzene rings is 2. The van der Waals surface area contributed by atoms with Crippen molar-refractivity contribution in [3.05, 3.63) is 58.6 Å². The molecule has 0 radical (unpaired) electrons. The van der Waals surface area contributed by atoms with Crippen LogP contribution in [0.5, 0.6) is 28.7 Å². The maximum absolute atomic E-state index is 13.8. The summed E-state index contributed by atoms with van der Waals surface area (Å²) in [6, 6.07) is 10.2. The number of nitrogen functional groups attached to an aromatic ring is 1. The van der Waals surface area contributed by atoms with E-state index in [1.807, 2.05) is 6.07 Å². The molecule has 2 aliphatic heterocycles. The van der Waals surface area contributed by atoms with Crippen LogP contribution in [0.2, 0.25) is 0 Å². The van der Waals surface area contributed by atoms with E-state index in [1.54, 1.807) is 30.3 Å². The van der Waals surface area contributed by atoms with Gasteiger partial charge in [0.15, 0.2) is 34.2 Å². The number of hydrogen-bond acceptors (Lipinski definition) is 12. The molecule has 0 spiro atoms. The molecule has 2 aliphatic rings. The van der Waals surface area contributed by atoms with Gasteiger partial charge < -0.3 is 33.7 Å². The second kappa shape index (κ2) is 9.89. The summed E-state index contributed by atoms with van der Waals surface area (Å²) in [5, 5.41) is 0. The van der Waals surface area contributed by atoms with Crippen molar-refractivity contribution in [1.82, 2.24) is 19.5 Å². The topological polar surface area (TPSA) is 171 Å². The van der Waals surface area contributed by atoms with E-state index in [1.165, 1.54) is 10.9 Å². The second-order valence-corrected chi connectivity index (χ2v) is 9.69. The molecule has 1 atom stereocenters. The summed E-state index contributed by atoms with van der Waals surface area (Å²) in [4.78, 5) is 22.4. The molecule has 4 heterocycles. The van der Waals surface area contributed by atoms with Gasteiger partial charge in [-0.25, -0.2) is 9.55 Å². The monoisotopic (exact) mass is 543 g/mol. The highest BCUT2D eigenvalue weighted by Crippen LogP contribution is 2.55. The Morgan fingerprint density at radius 3 is 2.74 bits per heavy atom. The standard InChI is InChI=1S/C23H22N5O9P/c24-23-26-21-18(22(29)27-23)25-11-28(21)12-31-9-10-35-38(30,36-16-5-1-3-14-7-8-32-19(14)16)37-17-6-2-4-15-20(17)34-13-33-15/h1-6,11H,7-10,12-13H2,(H3,24,26,27,29). The van der Waals surface area contributed by atoms with Gasteiger partial charge in [-0.15, -0.1) is 0 Å². The quantitative estimate of drug-likeness (QED) is 0.222. The van der Waals surface area contributed by atoms with Crippen molar-refractivity contribution in [2.24, 2.45) is 0 Å². The zero-order valence-electron chi connectivity index (χ0n) is 19.8. The summed E-state index contributed by atoms with van der Waals surface area (Å²) in [6.45, 7) is 0.305. The van der Waals surface area contributed by atoms with Gasteiger partial charge in [-0.1, -0.05) is 18.2 Å². The number of aromatic nitrogens is 4. The van der Waals surface area contributed by atoms with Crippen LogP contribution in [0.25, 0.3) is 11.2 Å². The number of para-hydroxylation sites is 2. The van der Waals surface area contributed by atoms with Crippen LogP contribution in [0.15, 0.2) is 47.5 Å². The Kier molecular flexibility index (Phi) is 6.27. The molecule has 15 heteroatoms. The van der Waals surface area contributed by atoms with Crippen molar-refractivity contribution in [2.45, 2.75) is 13.2 Å². The molecular weight excluding hydrogens is 521 g/mol. The molecule has 0 saturated carbocycles. The van der Waals surface area contributed by atoms with Gasteiger partial charge in [0.05, 0.1) is 26.1 Å². The molecule has 1 unspecified atom stereocenters. The van der Waals surface area contributed by atoms with Crippen molar-refractivity contribution < 1.29 is 37.1 Å². The summed E-state index contributed by atoms with van der Waals surface area (Å²) in [7, 11) is -4.27. The Morgan fingerprint density at radius 1 is 1.05 bits per heavy atom. The molecule has 6 rings (SSSR count). The van der Waals surface area contributed by atoms with Crippen molar-refractivity contribution in [3.8, 4) is 28.7 Å². The number of ether oxygens (including phenoxy) is 4. The van der Waals surface area contributed by atoms with E-state index in [0.717, 1.165) is 5.56 Å². The van der Waals surface area contributed by atoms with Crippen molar-refractivity contribution >= 4 is 24.9 Å². The molecule has 2 aromatic carbocycles. The fourth-order valence-corrected chi connectivity index (χ4v) is 5.19. The first kappa shape index (κ1) is 24.1. The van der Waals surface area contributed by atoms with Crippen LogP contribution in [0.3, 0.4) is 0 Å². The first-order valence-electron chi connectivity index (χ1n) is 11.5. The van der Waals surface area contributed by atoms with Gasteiger partial charge in [-0.2, -0.15) is 4.98 Å². The molecular formula is C23H22N5O9P. The highest BCUT2D eigenvalue weighted by Gasteiger charge is 2.35. The lowest BCUT2D eigenvalue weighted by atomic mass is 10.2. The average molecular weight is 543 g/mol. The van der Waals surface area contributed by atoms with Crippen LogP contribution < -0.4 is 34.6 Å². The molecule has 0 bridgehead atoms. The molecule has 14 nitrogen and oxygen atoms in total. The Balaban J connectivity index is 1.16. The molecule has 0 amide bonds. The number of H-pyrrole nitrogens is 1. The molecule has 0 saturated heterocycles. The number of nitrogens with one attached hydrogen (secondary N) is 1. The van der Waals surface area contributed by atoms with Crippen molar-refractivity contribution in [1.29, 1.82) is 0 Å². The molecule has 4 aromatic rings. The SMILES string of the molecule is Nc1nc2c(ncn2COCCOP(=O)(Oc2cccc3c2OCC3)Oc2cccc3c2OCO3)c(=O)[nH]1. The van der Waals surface area contributed by atoms with Crippen LogP contribution in [0, 0.1) is 0 Å². The van der Waals surface area contributed by atoms with E-state index in [-0.39, 0.29) is 55.3 Å². The van der Waals surface area contributed by atoms with E-state index in [0.29, 0.717) is 30.3 Å². The Hall–Kier alpha value is -4.26. The normalized spacial score (nSPS) is 15.2. The zero-order valence-corrected chi connectivity index (χ0v) is 20.7. The van der Waals surface area contributed by atoms with Gasteiger partial charge in [0.1, 0.15) is 6.73 Å². The van der Waals surface area contributed by atoms with Crippen LogP contribution >= 0.6 is 7.82 Å². The Labute approximate surface area is 214 Å². The third-order valence-electron chi connectivity index (χ3n) is 5.66. The van der Waals surface area contributed by atoms with Crippen molar-refractivity contribution in [2.75, 3.05) is 32.3 Å². The minimum Gasteiger partial charge on any atom is -0.489 e. The maximum Gasteiger partial charge on any atom is 0.587 e. The lowest BCUT2D eigenvalue weighted by Gasteiger charge is -2.20. The highest BCUT2D eigenvalue weighted by atomic mass is 31.2. The van der Waals surface area contributed by atoms with Gasteiger partial charge in [0.25, 0.3) is 5.56 Å². The van der Waals surface area contributed by atoms with E-state index in [4.69, 9.17) is 38.3 Å². The van der Waals surface area contributed by atoms with Crippen LogP contribution in [0.4, 0.5) is 5.95 Å². The fraction of sp³-hybridized carbons (Fsp3) is 0.261. The number of nitrogens with zero attached hydrogens (tertiary/aromatic N) is 3. The van der Waals surface area contributed by atoms with E-state index in [9.17, 15) is 9.36 Å². The molecule has 2 aromatic heterocycles. The predicted octanol–water partition coefficient (Wildman–Crippen LogP) is 2.62. The lowest BCUT2D eigenvalue weighted by molar-refractivity contribution is 0.0488. The number of fused-ring (bicyclic) bond motifs is 3. The molecule has 3 N–H and O–H groups in total. The van der Waals surface area contributed by atoms with Gasteiger partial charge in [0.2, 0.25) is 18.5 Å². The van der Waals surface area contributed by atoms with Gasteiger partial charge in [0, 0.05) is 12.0 Å². The zero-order chi connectivity index (χ0) is 26.1. The number of rotatable bonds is 10. The molecule has 198 valence electrons. The number of anilines is 1. The molecule has 0 aliphatic carbocycles. The summed E-state index contributed by atoms with van der Waals surface area (Å²) >= 11 is 0. The third kappa shape index (κ3) is 4.72. The minimum atomic E-state index is -4.27. The first-order chi connectivity index (χ1) is 18.5. The van der Waals surface area contributed by atoms with E-state index in [2.05, 4.69) is 15.0 Å². The summed E-state index contributed by atoms with van der Waals surface area (Å²) < 4.78 is 54.6. The van der Waals surface area contributed by atoms with Crippen molar-refractivity contribution in [3.63, 3.8) is 0 Å². The van der Waals surface area contributed by atoms with Gasteiger partial charge in [-0.05, 0) is 18.2 Å². The second-order valence-electron chi connectivity index (χ2n) is 8.17. The smallest absolute Gasteiger partial charge is 0.489 e. The number of aromatic amines is 1. The number of phosphoric ester groups is 1. The number of phosphoric acid groups is 1. The Morgan fingerprint density at radius 2 is 1.87 bits per heavy atom. The summed E-state index contributed by atoms with van der Waals surface area (Å²) in [5.74, 6) is 1.55. The van der Waals surface area contributed by atoms with Gasteiger partial charge >= 0.3 is 7.82 Å². The lowest BCUT2D eigenvalue weighted by Crippen LogP contribution is -2.14. The predicted molar refractivity (Wildman–Crippen MR) is 132 cm³/mol. The van der Waals surface area contributed by atoms with Gasteiger partial charge in [-0.3, -0.25) is 18.9 Å². The van der Waals surface area contributed by atoms with E-state index >= 15 is 0 Å². The third-order valence-corrected chi connectivity index (χ3v) is 7.00. The van der Waals surface area contributed by atoms with Crippen LogP contribution in [-0.4, -0.2) is 46.1 Å². The average Bonchev–Trinajstić information content (AvgIpc) is 3.64. The number of imidazole rings is 1. The Bertz CT molecular complexity index is 1540. The molecule has 0 fully saturated rings. The van der Waals surface area contributed by atoms with Crippen LogP contribution in [0.1, 0.15) is 5.56 Å². The van der Waals surface area contributed by atoms with Crippen LogP contribution in [-0.2, 0) is 27.0 Å². The van der Waals surface area contributed by atoms with E-state index < -0.39 is 13.4 Å². The maximum atomic E-state index is 13.8. The minimum absolute atomic E-state index is 0.00486. The highest BCUT2D eigenvalue weighted by molar-refractivity contribution is 7.49. The fourth-order valence-electron chi connectivity index (χ4n) is 3.98. The summed E-state index contributed by atoms with van der Waals surface area (Å²) in [5.41, 5.74) is 6.48. The molecule has 38 heavy (non-hydrogen) atoms.